The Kier molecular flexibility index (Phi) is 9.12. The SMILES string of the molecule is COc1nc(-c2cccc(-c3cccc(-c4ccn5c(=O)c(C6=NCCCN6)cnc5c4)c3Cl)c2Cl)ccc1CNC[C@@H]1CCC(=O)N1. The predicted molar refractivity (Wildman–Crippen MR) is 189 cm³/mol. The van der Waals surface area contributed by atoms with Gasteiger partial charge in [-0.05, 0) is 36.6 Å². The topological polar surface area (TPSA) is 122 Å². The van der Waals surface area contributed by atoms with E-state index in [0.29, 0.717) is 64.7 Å². The summed E-state index contributed by atoms with van der Waals surface area (Å²) in [6.07, 6.45) is 5.63. The van der Waals surface area contributed by atoms with Gasteiger partial charge in [0, 0.05) is 78.9 Å². The number of nitrogens with one attached hydrogen (secondary N) is 3. The van der Waals surface area contributed by atoms with Crippen molar-refractivity contribution in [2.24, 2.45) is 4.99 Å². The number of methoxy groups -OCH3 is 1. The molecule has 0 unspecified atom stereocenters. The molecule has 1 amide bonds. The molecule has 12 heteroatoms. The molecule has 1 saturated heterocycles. The molecule has 0 aliphatic carbocycles. The molecule has 48 heavy (non-hydrogen) atoms. The molecule has 2 aliphatic heterocycles. The van der Waals surface area contributed by atoms with E-state index in [1.54, 1.807) is 19.5 Å². The second-order valence-electron chi connectivity index (χ2n) is 11.8. The summed E-state index contributed by atoms with van der Waals surface area (Å²) in [4.78, 5) is 38.6. The Bertz CT molecular complexity index is 2130. The van der Waals surface area contributed by atoms with E-state index in [4.69, 9.17) is 32.9 Å². The van der Waals surface area contributed by atoms with E-state index in [9.17, 15) is 9.59 Å². The average Bonchev–Trinajstić information content (AvgIpc) is 3.53. The first-order valence-corrected chi connectivity index (χ1v) is 16.6. The predicted octanol–water partition coefficient (Wildman–Crippen LogP) is 5.51. The van der Waals surface area contributed by atoms with E-state index in [2.05, 4.69) is 25.9 Å². The number of carbonyl (C=O) groups excluding carboxylic acids is 1. The molecule has 10 nitrogen and oxygen atoms in total. The van der Waals surface area contributed by atoms with Gasteiger partial charge in [0.25, 0.3) is 5.56 Å². The summed E-state index contributed by atoms with van der Waals surface area (Å²) in [7, 11) is 1.59. The molecule has 0 spiro atoms. The summed E-state index contributed by atoms with van der Waals surface area (Å²) in [6.45, 7) is 2.68. The highest BCUT2D eigenvalue weighted by Crippen LogP contribution is 2.42. The lowest BCUT2D eigenvalue weighted by Crippen LogP contribution is -2.35. The minimum absolute atomic E-state index is 0.0963. The summed E-state index contributed by atoms with van der Waals surface area (Å²) in [5.74, 6) is 1.18. The Hall–Kier alpha value is -4.77. The van der Waals surface area contributed by atoms with Crippen LogP contribution >= 0.6 is 23.2 Å². The van der Waals surface area contributed by atoms with Crippen LogP contribution in [-0.4, -0.2) is 58.9 Å². The molecule has 0 saturated carbocycles. The summed E-state index contributed by atoms with van der Waals surface area (Å²) >= 11 is 14.2. The number of aromatic nitrogens is 3. The normalized spacial score (nSPS) is 16.0. The molecule has 2 aromatic carbocycles. The van der Waals surface area contributed by atoms with Crippen LogP contribution in [0.5, 0.6) is 5.88 Å². The number of halogens is 2. The van der Waals surface area contributed by atoms with Crippen LogP contribution in [0, 0.1) is 0 Å². The summed E-state index contributed by atoms with van der Waals surface area (Å²) in [5, 5.41) is 10.6. The first-order valence-electron chi connectivity index (χ1n) is 15.8. The Labute approximate surface area is 287 Å². The van der Waals surface area contributed by atoms with E-state index >= 15 is 0 Å². The third kappa shape index (κ3) is 6.26. The average molecular weight is 683 g/mol. The standard InChI is InChI=1S/C36H33Cl2N7O3/c1-48-35-22(18-39-19-23-10-12-31(46)43-23)9-11-29(44-35)27-8-3-7-26(33(27)38)25-6-2-5-24(32(25)37)21-13-16-45-30(17-21)42-20-28(36(45)47)34-40-14-4-15-41-34/h2-3,5-9,11,13,16-17,20,23,39H,4,10,12,14-15,18-19H2,1H3,(H,40,41)(H,43,46)/t23-/m0/s1. The van der Waals surface area contributed by atoms with Crippen LogP contribution < -0.4 is 26.2 Å². The van der Waals surface area contributed by atoms with Crippen LogP contribution in [0.1, 0.15) is 30.4 Å². The van der Waals surface area contributed by atoms with Crippen molar-refractivity contribution in [3.05, 3.63) is 105 Å². The minimum atomic E-state index is -0.184. The van der Waals surface area contributed by atoms with Gasteiger partial charge in [-0.25, -0.2) is 9.97 Å². The zero-order chi connectivity index (χ0) is 33.2. The quantitative estimate of drug-likeness (QED) is 0.187. The molecule has 244 valence electrons. The van der Waals surface area contributed by atoms with E-state index in [1.165, 1.54) is 4.40 Å². The van der Waals surface area contributed by atoms with Crippen molar-refractivity contribution in [2.75, 3.05) is 26.7 Å². The van der Waals surface area contributed by atoms with E-state index in [-0.39, 0.29) is 17.5 Å². The van der Waals surface area contributed by atoms with Crippen molar-refractivity contribution in [1.29, 1.82) is 0 Å². The smallest absolute Gasteiger partial charge is 0.268 e. The molecule has 5 aromatic rings. The number of amidine groups is 1. The molecule has 0 bridgehead atoms. The van der Waals surface area contributed by atoms with Gasteiger partial charge in [0.1, 0.15) is 17.0 Å². The van der Waals surface area contributed by atoms with Crippen molar-refractivity contribution in [1.82, 2.24) is 30.3 Å². The summed E-state index contributed by atoms with van der Waals surface area (Å²) < 4.78 is 7.16. The van der Waals surface area contributed by atoms with Gasteiger partial charge in [0.05, 0.1) is 22.8 Å². The zero-order valence-electron chi connectivity index (χ0n) is 26.2. The Balaban J connectivity index is 1.16. The van der Waals surface area contributed by atoms with Gasteiger partial charge in [-0.2, -0.15) is 0 Å². The number of nitrogens with zero attached hydrogens (tertiary/aromatic N) is 4. The van der Waals surface area contributed by atoms with Gasteiger partial charge in [0.2, 0.25) is 11.8 Å². The van der Waals surface area contributed by atoms with Gasteiger partial charge in [-0.3, -0.25) is 19.0 Å². The molecule has 7 rings (SSSR count). The molecule has 1 atom stereocenters. The Morgan fingerprint density at radius 3 is 2.48 bits per heavy atom. The highest BCUT2D eigenvalue weighted by Gasteiger charge is 2.21. The van der Waals surface area contributed by atoms with E-state index < -0.39 is 0 Å². The molecule has 0 radical (unpaired) electrons. The van der Waals surface area contributed by atoms with Gasteiger partial charge < -0.3 is 20.7 Å². The number of hydrogen-bond acceptors (Lipinski definition) is 8. The van der Waals surface area contributed by atoms with E-state index in [1.807, 2.05) is 60.7 Å². The second kappa shape index (κ2) is 13.8. The maximum atomic E-state index is 13.3. The van der Waals surface area contributed by atoms with Crippen LogP contribution in [0.4, 0.5) is 0 Å². The highest BCUT2D eigenvalue weighted by atomic mass is 35.5. The molecule has 3 aromatic heterocycles. The largest absolute Gasteiger partial charge is 0.481 e. The number of aliphatic imine (C=N–C) groups is 1. The van der Waals surface area contributed by atoms with Crippen molar-refractivity contribution >= 4 is 40.6 Å². The maximum Gasteiger partial charge on any atom is 0.268 e. The first-order chi connectivity index (χ1) is 23.4. The molecule has 3 N–H and O–H groups in total. The molecule has 2 aliphatic rings. The van der Waals surface area contributed by atoms with Crippen LogP contribution in [0.2, 0.25) is 10.0 Å². The number of fused-ring (bicyclic) bond motifs is 1. The number of benzene rings is 2. The highest BCUT2D eigenvalue weighted by molar-refractivity contribution is 6.39. The number of rotatable bonds is 9. The lowest BCUT2D eigenvalue weighted by atomic mass is 9.97. The molecule has 5 heterocycles. The van der Waals surface area contributed by atoms with Gasteiger partial charge in [-0.15, -0.1) is 0 Å². The van der Waals surface area contributed by atoms with Crippen molar-refractivity contribution in [2.45, 2.75) is 31.8 Å². The third-order valence-corrected chi connectivity index (χ3v) is 9.47. The van der Waals surface area contributed by atoms with Crippen molar-refractivity contribution in [3.8, 4) is 39.4 Å². The van der Waals surface area contributed by atoms with Crippen LogP contribution in [0.25, 0.3) is 39.2 Å². The molecular weight excluding hydrogens is 649 g/mol. The lowest BCUT2D eigenvalue weighted by molar-refractivity contribution is -0.119. The van der Waals surface area contributed by atoms with Gasteiger partial charge >= 0.3 is 0 Å². The number of amides is 1. The van der Waals surface area contributed by atoms with E-state index in [0.717, 1.165) is 52.8 Å². The summed E-state index contributed by atoms with van der Waals surface area (Å²) in [5.41, 5.74) is 6.18. The zero-order valence-corrected chi connectivity index (χ0v) is 27.7. The number of pyridine rings is 2. The van der Waals surface area contributed by atoms with Crippen molar-refractivity contribution in [3.63, 3.8) is 0 Å². The first kappa shape index (κ1) is 31.8. The summed E-state index contributed by atoms with van der Waals surface area (Å²) in [6, 6.07) is 19.3. The van der Waals surface area contributed by atoms with Gasteiger partial charge in [-0.1, -0.05) is 65.7 Å². The number of ether oxygens (including phenoxy) is 1. The fourth-order valence-electron chi connectivity index (χ4n) is 6.16. The van der Waals surface area contributed by atoms with Crippen LogP contribution in [0.3, 0.4) is 0 Å². The van der Waals surface area contributed by atoms with Gasteiger partial charge in [0.15, 0.2) is 0 Å². The number of carbonyl (C=O) groups is 1. The fraction of sp³-hybridized carbons (Fsp3) is 0.250. The monoisotopic (exact) mass is 681 g/mol. The Morgan fingerprint density at radius 1 is 0.979 bits per heavy atom. The lowest BCUT2D eigenvalue weighted by Gasteiger charge is -2.16. The number of hydrogen-bond donors (Lipinski definition) is 3. The minimum Gasteiger partial charge on any atom is -0.481 e. The third-order valence-electron chi connectivity index (χ3n) is 8.66. The fourth-order valence-corrected chi connectivity index (χ4v) is 6.82. The maximum absolute atomic E-state index is 13.3. The van der Waals surface area contributed by atoms with Crippen LogP contribution in [-0.2, 0) is 11.3 Å². The molecule has 1 fully saturated rings. The van der Waals surface area contributed by atoms with Crippen LogP contribution in [0.15, 0.2) is 82.8 Å². The Morgan fingerprint density at radius 2 is 1.75 bits per heavy atom. The molecular formula is C36H33Cl2N7O3. The second-order valence-corrected chi connectivity index (χ2v) is 12.5. The van der Waals surface area contributed by atoms with Crippen molar-refractivity contribution < 1.29 is 9.53 Å².